The number of hydrogen-bond acceptors (Lipinski definition) is 6. The van der Waals surface area contributed by atoms with Crippen LogP contribution in [0, 0.1) is 0 Å². The van der Waals surface area contributed by atoms with E-state index in [2.05, 4.69) is 35.5 Å². The van der Waals surface area contributed by atoms with Gasteiger partial charge in [0, 0.05) is 5.56 Å². The number of carbonyl (C=O) groups is 2. The molecular weight excluding hydrogens is 456 g/mol. The van der Waals surface area contributed by atoms with Gasteiger partial charge in [0.2, 0.25) is 0 Å². The van der Waals surface area contributed by atoms with Crippen molar-refractivity contribution in [1.29, 1.82) is 0 Å². The number of aryl methyl sites for hydroxylation is 1. The molecule has 3 N–H and O–H groups in total. The van der Waals surface area contributed by atoms with E-state index in [1.807, 2.05) is 12.1 Å². The molecule has 0 aromatic heterocycles. The molecule has 0 fully saturated rings. The van der Waals surface area contributed by atoms with Crippen molar-refractivity contribution < 1.29 is 19.8 Å². The zero-order valence-corrected chi connectivity index (χ0v) is 20.2. The Labute approximate surface area is 208 Å². The summed E-state index contributed by atoms with van der Waals surface area (Å²) in [6, 6.07) is 17.3. The number of carboxylic acids is 1. The van der Waals surface area contributed by atoms with E-state index in [-0.39, 0.29) is 34.0 Å². The standard InChI is InChI=1S/C28H26N4O4/c1-16-24(26(34)32(31-16)20-11-10-17-12-13-28(2,3)22(17)15-20)30-29-23-9-5-8-21(25(23)33)18-6-4-7-19(14-18)27(35)36/h4-11,14-15,29,33H,12-13H2,1-3H3,(H,35,36). The number of amides is 1. The number of rotatable bonds is 5. The number of anilines is 2. The van der Waals surface area contributed by atoms with E-state index in [9.17, 15) is 19.8 Å². The zero-order valence-electron chi connectivity index (χ0n) is 20.2. The van der Waals surface area contributed by atoms with Crippen molar-refractivity contribution in [2.75, 3.05) is 10.4 Å². The molecule has 0 unspecified atom stereocenters. The van der Waals surface area contributed by atoms with E-state index in [0.29, 0.717) is 22.5 Å². The lowest BCUT2D eigenvalue weighted by molar-refractivity contribution is -0.112. The molecule has 3 aromatic rings. The van der Waals surface area contributed by atoms with Crippen LogP contribution in [0.4, 0.5) is 11.4 Å². The number of benzene rings is 3. The molecule has 0 saturated heterocycles. The minimum Gasteiger partial charge on any atom is -0.505 e. The zero-order chi connectivity index (χ0) is 25.6. The van der Waals surface area contributed by atoms with E-state index in [0.717, 1.165) is 12.8 Å². The van der Waals surface area contributed by atoms with Gasteiger partial charge in [0.25, 0.3) is 0 Å². The number of nitrogens with one attached hydrogen (secondary N) is 1. The molecule has 0 atom stereocenters. The van der Waals surface area contributed by atoms with Gasteiger partial charge in [-0.1, -0.05) is 44.2 Å². The number of phenolic OH excluding ortho intramolecular Hbond substituents is 1. The first kappa shape index (κ1) is 23.3. The third-order valence-corrected chi connectivity index (χ3v) is 6.82. The Hall–Kier alpha value is -4.46. The van der Waals surface area contributed by atoms with Crippen molar-refractivity contribution in [1.82, 2.24) is 0 Å². The maximum Gasteiger partial charge on any atom is 0.335 e. The molecule has 1 heterocycles. The van der Waals surface area contributed by atoms with Gasteiger partial charge in [0.15, 0.2) is 5.71 Å². The number of aromatic hydroxyl groups is 1. The highest BCUT2D eigenvalue weighted by Gasteiger charge is 2.34. The fraction of sp³-hybridized carbons (Fsp3) is 0.214. The Balaban J connectivity index is 1.41. The predicted molar refractivity (Wildman–Crippen MR) is 140 cm³/mol. The van der Waals surface area contributed by atoms with Crippen LogP contribution in [-0.4, -0.2) is 33.5 Å². The number of carbonyl (C=O) groups excluding carboxylic acids is 1. The summed E-state index contributed by atoms with van der Waals surface area (Å²) in [7, 11) is 0. The molecule has 1 aliphatic heterocycles. The van der Waals surface area contributed by atoms with Gasteiger partial charge < -0.3 is 10.2 Å². The Morgan fingerprint density at radius 3 is 2.67 bits per heavy atom. The van der Waals surface area contributed by atoms with Crippen molar-refractivity contribution in [3.8, 4) is 16.9 Å². The van der Waals surface area contributed by atoms with Crippen LogP contribution in [0.5, 0.6) is 5.75 Å². The van der Waals surface area contributed by atoms with Crippen LogP contribution in [0.2, 0.25) is 0 Å². The molecule has 1 amide bonds. The quantitative estimate of drug-likeness (QED) is 0.343. The minimum absolute atomic E-state index is 0.0534. The van der Waals surface area contributed by atoms with Gasteiger partial charge in [-0.25, -0.2) is 4.79 Å². The first-order valence-electron chi connectivity index (χ1n) is 11.7. The summed E-state index contributed by atoms with van der Waals surface area (Å²) >= 11 is 0. The number of para-hydroxylation sites is 1. The third-order valence-electron chi connectivity index (χ3n) is 6.82. The highest BCUT2D eigenvalue weighted by atomic mass is 16.4. The number of hydrazone groups is 2. The van der Waals surface area contributed by atoms with Crippen molar-refractivity contribution in [2.24, 2.45) is 10.2 Å². The van der Waals surface area contributed by atoms with E-state index < -0.39 is 5.97 Å². The highest BCUT2D eigenvalue weighted by molar-refractivity contribution is 6.71. The Morgan fingerprint density at radius 2 is 1.89 bits per heavy atom. The summed E-state index contributed by atoms with van der Waals surface area (Å²) in [5.41, 5.74) is 8.05. The van der Waals surface area contributed by atoms with Crippen LogP contribution in [0.1, 0.15) is 48.7 Å². The largest absolute Gasteiger partial charge is 0.505 e. The number of fused-ring (bicyclic) bond motifs is 1. The van der Waals surface area contributed by atoms with Gasteiger partial charge in [-0.3, -0.25) is 10.2 Å². The lowest BCUT2D eigenvalue weighted by Crippen LogP contribution is -2.28. The summed E-state index contributed by atoms with van der Waals surface area (Å²) < 4.78 is 0. The molecule has 0 spiro atoms. The summed E-state index contributed by atoms with van der Waals surface area (Å²) in [6.45, 7) is 6.12. The minimum atomic E-state index is -1.05. The number of aromatic carboxylic acids is 1. The second kappa shape index (κ2) is 8.64. The maximum atomic E-state index is 13.2. The van der Waals surface area contributed by atoms with E-state index >= 15 is 0 Å². The number of carboxylic acid groups (broad SMARTS) is 1. The van der Waals surface area contributed by atoms with Crippen LogP contribution in [0.25, 0.3) is 11.1 Å². The average molecular weight is 483 g/mol. The molecule has 2 aliphatic rings. The molecule has 3 aromatic carbocycles. The van der Waals surface area contributed by atoms with Gasteiger partial charge >= 0.3 is 11.9 Å². The Kier molecular flexibility index (Phi) is 5.59. The Bertz CT molecular complexity index is 1470. The fourth-order valence-electron chi connectivity index (χ4n) is 4.73. The molecule has 1 aliphatic carbocycles. The van der Waals surface area contributed by atoms with Gasteiger partial charge in [0.1, 0.15) is 5.75 Å². The second-order valence-electron chi connectivity index (χ2n) is 9.69. The summed E-state index contributed by atoms with van der Waals surface area (Å²) in [5, 5.41) is 30.2. The molecule has 0 bridgehead atoms. The van der Waals surface area contributed by atoms with Crippen LogP contribution in [0.3, 0.4) is 0 Å². The van der Waals surface area contributed by atoms with Crippen molar-refractivity contribution >= 4 is 34.7 Å². The van der Waals surface area contributed by atoms with Gasteiger partial charge in [-0.05, 0) is 72.2 Å². The van der Waals surface area contributed by atoms with Gasteiger partial charge in [-0.15, -0.1) is 0 Å². The van der Waals surface area contributed by atoms with E-state index in [1.165, 1.54) is 28.3 Å². The maximum absolute atomic E-state index is 13.2. The van der Waals surface area contributed by atoms with Gasteiger partial charge in [-0.2, -0.15) is 15.2 Å². The highest BCUT2D eigenvalue weighted by Crippen LogP contribution is 2.40. The molecule has 5 rings (SSSR count). The topological polar surface area (TPSA) is 115 Å². The first-order chi connectivity index (χ1) is 17.2. The van der Waals surface area contributed by atoms with E-state index in [1.54, 1.807) is 37.3 Å². The predicted octanol–water partition coefficient (Wildman–Crippen LogP) is 5.17. The molecule has 8 heteroatoms. The second-order valence-corrected chi connectivity index (χ2v) is 9.69. The number of hydrogen-bond donors (Lipinski definition) is 3. The molecule has 8 nitrogen and oxygen atoms in total. The van der Waals surface area contributed by atoms with Crippen LogP contribution < -0.4 is 10.4 Å². The molecule has 36 heavy (non-hydrogen) atoms. The fourth-order valence-corrected chi connectivity index (χ4v) is 4.73. The molecular formula is C28H26N4O4. The monoisotopic (exact) mass is 482 g/mol. The lowest BCUT2D eigenvalue weighted by Gasteiger charge is -2.21. The SMILES string of the molecule is CC1=NN(c2ccc3c(c2)C(C)(C)CC3)C(=O)C1=NNc1cccc(-c2cccc(C(=O)O)c2)c1O. The summed E-state index contributed by atoms with van der Waals surface area (Å²) in [4.78, 5) is 24.5. The normalized spacial score (nSPS) is 17.3. The molecule has 0 saturated carbocycles. The molecule has 182 valence electrons. The number of nitrogens with zero attached hydrogens (tertiary/aromatic N) is 3. The van der Waals surface area contributed by atoms with E-state index in [4.69, 9.17) is 0 Å². The Morgan fingerprint density at radius 1 is 1.11 bits per heavy atom. The molecule has 0 radical (unpaired) electrons. The third kappa shape index (κ3) is 4.00. The number of phenols is 1. The summed E-state index contributed by atoms with van der Waals surface area (Å²) in [5.74, 6) is -1.52. The van der Waals surface area contributed by atoms with Crippen molar-refractivity contribution in [3.63, 3.8) is 0 Å². The van der Waals surface area contributed by atoms with Crippen molar-refractivity contribution in [2.45, 2.75) is 39.0 Å². The van der Waals surface area contributed by atoms with Crippen LogP contribution in [-0.2, 0) is 16.6 Å². The lowest BCUT2D eigenvalue weighted by atomic mass is 9.86. The average Bonchev–Trinajstić information content (AvgIpc) is 3.32. The van der Waals surface area contributed by atoms with Crippen molar-refractivity contribution in [3.05, 3.63) is 77.4 Å². The van der Waals surface area contributed by atoms with Gasteiger partial charge in [0.05, 0.1) is 22.6 Å². The van der Waals surface area contributed by atoms with Crippen LogP contribution in [0.15, 0.2) is 70.9 Å². The smallest absolute Gasteiger partial charge is 0.335 e. The summed E-state index contributed by atoms with van der Waals surface area (Å²) in [6.07, 6.45) is 2.10. The first-order valence-corrected chi connectivity index (χ1v) is 11.7. The van der Waals surface area contributed by atoms with Crippen LogP contribution >= 0.6 is 0 Å².